The van der Waals surface area contributed by atoms with Crippen LogP contribution >= 0.6 is 35.0 Å². The van der Waals surface area contributed by atoms with Crippen molar-refractivity contribution in [3.05, 3.63) is 68.7 Å². The van der Waals surface area contributed by atoms with Gasteiger partial charge in [0.2, 0.25) is 5.91 Å². The number of hydrogen-bond acceptors (Lipinski definition) is 2. The van der Waals surface area contributed by atoms with Gasteiger partial charge >= 0.3 is 0 Å². The van der Waals surface area contributed by atoms with Crippen LogP contribution in [0, 0.1) is 13.8 Å². The number of thioether (sulfide) groups is 1. The minimum absolute atomic E-state index is 0.0107. The molecule has 0 aromatic heterocycles. The molecule has 1 N–H and O–H groups in total. The second kappa shape index (κ2) is 8.80. The fourth-order valence-electron chi connectivity index (χ4n) is 2.50. The van der Waals surface area contributed by atoms with Crippen LogP contribution in [0.5, 0.6) is 0 Å². The van der Waals surface area contributed by atoms with Gasteiger partial charge in [-0.05, 0) is 49.6 Å². The number of carbonyl (C=O) groups excluding carboxylic acids is 1. The molecule has 0 bridgehead atoms. The number of benzene rings is 2. The third-order valence-corrected chi connectivity index (χ3v) is 5.49. The van der Waals surface area contributed by atoms with Crippen LogP contribution in [-0.2, 0) is 10.5 Å². The highest BCUT2D eigenvalue weighted by Gasteiger charge is 2.13. The van der Waals surface area contributed by atoms with Gasteiger partial charge in [-0.25, -0.2) is 0 Å². The zero-order valence-corrected chi connectivity index (χ0v) is 16.4. The summed E-state index contributed by atoms with van der Waals surface area (Å²) in [4.78, 5) is 12.2. The molecule has 0 fully saturated rings. The first-order chi connectivity index (χ1) is 11.4. The zero-order chi connectivity index (χ0) is 17.7. The molecular formula is C19H21Cl2NOS. The summed E-state index contributed by atoms with van der Waals surface area (Å²) in [5, 5.41) is 4.33. The first-order valence-electron chi connectivity index (χ1n) is 7.75. The van der Waals surface area contributed by atoms with Crippen LogP contribution in [0.4, 0.5) is 0 Å². The molecular weight excluding hydrogens is 361 g/mol. The van der Waals surface area contributed by atoms with Gasteiger partial charge < -0.3 is 5.32 Å². The molecule has 2 aromatic carbocycles. The smallest absolute Gasteiger partial charge is 0.230 e. The van der Waals surface area contributed by atoms with E-state index < -0.39 is 0 Å². The molecule has 2 rings (SSSR count). The minimum Gasteiger partial charge on any atom is -0.349 e. The molecule has 0 aliphatic carbocycles. The minimum atomic E-state index is -0.0121. The fourth-order valence-corrected chi connectivity index (χ4v) is 4.08. The number of rotatable bonds is 6. The van der Waals surface area contributed by atoms with E-state index in [9.17, 15) is 4.79 Å². The van der Waals surface area contributed by atoms with Crippen LogP contribution < -0.4 is 5.32 Å². The first kappa shape index (κ1) is 19.2. The molecule has 5 heteroatoms. The summed E-state index contributed by atoms with van der Waals surface area (Å²) in [5.74, 6) is 0.997. The second-order valence-corrected chi connectivity index (χ2v) is 7.64. The van der Waals surface area contributed by atoms with E-state index in [0.717, 1.165) is 11.1 Å². The standard InChI is InChI=1S/C19H21Cl2NOS/c1-12-7-8-13(2)15(9-12)14(3)22-19(23)11-24-10-16-17(20)5-4-6-18(16)21/h4-9,14H,10-11H2,1-3H3,(H,22,23)/t14-/m0/s1. The van der Waals surface area contributed by atoms with Crippen molar-refractivity contribution in [2.24, 2.45) is 0 Å². The molecule has 1 amide bonds. The lowest BCUT2D eigenvalue weighted by molar-refractivity contribution is -0.119. The predicted octanol–water partition coefficient (Wildman–Crippen LogP) is 5.72. The van der Waals surface area contributed by atoms with E-state index in [1.165, 1.54) is 22.9 Å². The maximum atomic E-state index is 12.2. The molecule has 128 valence electrons. The molecule has 0 heterocycles. The zero-order valence-electron chi connectivity index (χ0n) is 14.0. The normalized spacial score (nSPS) is 12.0. The Labute approximate surface area is 157 Å². The molecule has 0 unspecified atom stereocenters. The Morgan fingerprint density at radius 3 is 2.50 bits per heavy atom. The third kappa shape index (κ3) is 5.17. The highest BCUT2D eigenvalue weighted by atomic mass is 35.5. The quantitative estimate of drug-likeness (QED) is 0.692. The number of hydrogen-bond donors (Lipinski definition) is 1. The molecule has 1 atom stereocenters. The number of halogens is 2. The van der Waals surface area contributed by atoms with Crippen LogP contribution in [0.15, 0.2) is 36.4 Å². The van der Waals surface area contributed by atoms with E-state index in [1.54, 1.807) is 0 Å². The summed E-state index contributed by atoms with van der Waals surface area (Å²) in [7, 11) is 0. The Morgan fingerprint density at radius 1 is 1.17 bits per heavy atom. The summed E-state index contributed by atoms with van der Waals surface area (Å²) in [6.45, 7) is 6.13. The first-order valence-corrected chi connectivity index (χ1v) is 9.66. The van der Waals surface area contributed by atoms with Gasteiger partial charge in [-0.2, -0.15) is 0 Å². The van der Waals surface area contributed by atoms with Crippen LogP contribution in [0.1, 0.15) is 35.2 Å². The lowest BCUT2D eigenvalue weighted by Crippen LogP contribution is -2.28. The van der Waals surface area contributed by atoms with Crippen molar-refractivity contribution >= 4 is 40.9 Å². The highest BCUT2D eigenvalue weighted by molar-refractivity contribution is 7.99. The fraction of sp³-hybridized carbons (Fsp3) is 0.316. The summed E-state index contributed by atoms with van der Waals surface area (Å²) in [6.07, 6.45) is 0. The lowest BCUT2D eigenvalue weighted by atomic mass is 10.00. The van der Waals surface area contributed by atoms with Crippen molar-refractivity contribution in [3.8, 4) is 0 Å². The Hall–Kier alpha value is -1.16. The number of aryl methyl sites for hydroxylation is 2. The van der Waals surface area contributed by atoms with Crippen LogP contribution in [0.25, 0.3) is 0 Å². The van der Waals surface area contributed by atoms with Gasteiger partial charge in [-0.15, -0.1) is 11.8 Å². The van der Waals surface area contributed by atoms with E-state index in [-0.39, 0.29) is 11.9 Å². The average Bonchev–Trinajstić information content (AvgIpc) is 2.52. The Morgan fingerprint density at radius 2 is 1.83 bits per heavy atom. The molecule has 0 saturated carbocycles. The van der Waals surface area contributed by atoms with E-state index in [1.807, 2.05) is 25.1 Å². The highest BCUT2D eigenvalue weighted by Crippen LogP contribution is 2.28. The average molecular weight is 382 g/mol. The van der Waals surface area contributed by atoms with Gasteiger partial charge in [-0.3, -0.25) is 4.79 Å². The van der Waals surface area contributed by atoms with Crippen molar-refractivity contribution in [1.82, 2.24) is 5.32 Å². The van der Waals surface area contributed by atoms with Gasteiger partial charge in [0.25, 0.3) is 0 Å². The van der Waals surface area contributed by atoms with Crippen molar-refractivity contribution in [2.75, 3.05) is 5.75 Å². The SMILES string of the molecule is Cc1ccc(C)c([C@H](C)NC(=O)CSCc2c(Cl)cccc2Cl)c1. The summed E-state index contributed by atoms with van der Waals surface area (Å²) >= 11 is 13.8. The topological polar surface area (TPSA) is 29.1 Å². The molecule has 0 spiro atoms. The van der Waals surface area contributed by atoms with Crippen LogP contribution in [-0.4, -0.2) is 11.7 Å². The molecule has 0 aliphatic rings. The van der Waals surface area contributed by atoms with Crippen molar-refractivity contribution < 1.29 is 4.79 Å². The lowest BCUT2D eigenvalue weighted by Gasteiger charge is -2.17. The van der Waals surface area contributed by atoms with E-state index >= 15 is 0 Å². The molecule has 2 aromatic rings. The number of amides is 1. The Balaban J connectivity index is 1.88. The van der Waals surface area contributed by atoms with Crippen molar-refractivity contribution in [3.63, 3.8) is 0 Å². The second-order valence-electron chi connectivity index (χ2n) is 5.84. The third-order valence-electron chi connectivity index (χ3n) is 3.82. The maximum absolute atomic E-state index is 12.2. The molecule has 0 radical (unpaired) electrons. The number of nitrogens with one attached hydrogen (secondary N) is 1. The maximum Gasteiger partial charge on any atom is 0.230 e. The monoisotopic (exact) mass is 381 g/mol. The predicted molar refractivity (Wildman–Crippen MR) is 105 cm³/mol. The molecule has 0 saturated heterocycles. The summed E-state index contributed by atoms with van der Waals surface area (Å²) in [5.41, 5.74) is 4.41. The van der Waals surface area contributed by atoms with Crippen LogP contribution in [0.2, 0.25) is 10.0 Å². The van der Waals surface area contributed by atoms with Gasteiger partial charge in [0, 0.05) is 15.8 Å². The van der Waals surface area contributed by atoms with Gasteiger partial charge in [0.05, 0.1) is 11.8 Å². The molecule has 2 nitrogen and oxygen atoms in total. The molecule has 24 heavy (non-hydrogen) atoms. The van der Waals surface area contributed by atoms with Gasteiger partial charge in [-0.1, -0.05) is 53.0 Å². The van der Waals surface area contributed by atoms with Crippen LogP contribution in [0.3, 0.4) is 0 Å². The summed E-state index contributed by atoms with van der Waals surface area (Å²) < 4.78 is 0. The summed E-state index contributed by atoms with van der Waals surface area (Å²) in [6, 6.07) is 11.7. The van der Waals surface area contributed by atoms with Crippen molar-refractivity contribution in [1.29, 1.82) is 0 Å². The van der Waals surface area contributed by atoms with E-state index in [0.29, 0.717) is 21.6 Å². The van der Waals surface area contributed by atoms with E-state index in [2.05, 4.69) is 37.4 Å². The number of carbonyl (C=O) groups is 1. The Bertz CT molecular complexity index is 713. The molecule has 0 aliphatic heterocycles. The van der Waals surface area contributed by atoms with Gasteiger partial charge in [0.15, 0.2) is 0 Å². The largest absolute Gasteiger partial charge is 0.349 e. The van der Waals surface area contributed by atoms with Crippen molar-refractivity contribution in [2.45, 2.75) is 32.6 Å². The van der Waals surface area contributed by atoms with E-state index in [4.69, 9.17) is 23.2 Å². The Kier molecular flexibility index (Phi) is 7.02. The van der Waals surface area contributed by atoms with Gasteiger partial charge in [0.1, 0.15) is 0 Å².